The molecule has 1 N–H and O–H groups in total. The quantitative estimate of drug-likeness (QED) is 0.574. The van der Waals surface area contributed by atoms with E-state index in [-0.39, 0.29) is 11.8 Å². The van der Waals surface area contributed by atoms with Gasteiger partial charge in [-0.1, -0.05) is 5.10 Å². The Bertz CT molecular complexity index is 1180. The normalized spacial score (nSPS) is 23.9. The van der Waals surface area contributed by atoms with Gasteiger partial charge in [0, 0.05) is 44.8 Å². The number of halogens is 3. The Labute approximate surface area is 199 Å². The van der Waals surface area contributed by atoms with Crippen molar-refractivity contribution in [2.45, 2.75) is 45.1 Å². The summed E-state index contributed by atoms with van der Waals surface area (Å²) >= 11 is 0. The molecule has 1 saturated carbocycles. The predicted octanol–water partition coefficient (Wildman–Crippen LogP) is 3.74. The zero-order valence-corrected chi connectivity index (χ0v) is 19.1. The molecule has 0 spiro atoms. The van der Waals surface area contributed by atoms with Gasteiger partial charge >= 0.3 is 12.4 Å². The van der Waals surface area contributed by atoms with Crippen LogP contribution < -0.4 is 19.9 Å². The fraction of sp³-hybridized carbons (Fsp3) is 0.545. The fourth-order valence-electron chi connectivity index (χ4n) is 5.47. The fourth-order valence-corrected chi connectivity index (χ4v) is 5.47. The molecule has 2 aromatic heterocycles. The molecule has 35 heavy (non-hydrogen) atoms. The third kappa shape index (κ3) is 4.34. The van der Waals surface area contributed by atoms with Crippen molar-refractivity contribution in [3.63, 3.8) is 0 Å². The first-order valence-corrected chi connectivity index (χ1v) is 11.7. The highest BCUT2D eigenvalue weighted by molar-refractivity contribution is 5.60. The van der Waals surface area contributed by atoms with Crippen molar-refractivity contribution in [1.29, 1.82) is 0 Å². The molecule has 0 amide bonds. The minimum absolute atomic E-state index is 0.250. The van der Waals surface area contributed by atoms with Crippen molar-refractivity contribution in [3.05, 3.63) is 30.2 Å². The van der Waals surface area contributed by atoms with Crippen molar-refractivity contribution >= 4 is 23.6 Å². The van der Waals surface area contributed by atoms with Crippen LogP contribution in [-0.4, -0.2) is 57.0 Å². The van der Waals surface area contributed by atoms with Gasteiger partial charge in [0.05, 0.1) is 0 Å². The zero-order chi connectivity index (χ0) is 24.2. The second-order valence-corrected chi connectivity index (χ2v) is 9.28. The van der Waals surface area contributed by atoms with E-state index in [4.69, 9.17) is 9.40 Å². The Morgan fingerprint density at radius 3 is 2.46 bits per heavy atom. The highest BCUT2D eigenvalue weighted by Crippen LogP contribution is 2.40. The second kappa shape index (κ2) is 8.31. The molecule has 2 fully saturated rings. The molecule has 1 aliphatic carbocycles. The van der Waals surface area contributed by atoms with Gasteiger partial charge in [0.15, 0.2) is 0 Å². The molecule has 1 aromatic carbocycles. The summed E-state index contributed by atoms with van der Waals surface area (Å²) in [7, 11) is 0. The van der Waals surface area contributed by atoms with Gasteiger partial charge in [-0.25, -0.2) is 4.68 Å². The lowest BCUT2D eigenvalue weighted by Crippen LogP contribution is -2.48. The van der Waals surface area contributed by atoms with Gasteiger partial charge in [0.2, 0.25) is 17.8 Å². The molecular formula is C22H25F3N8O2. The van der Waals surface area contributed by atoms with Gasteiger partial charge in [-0.3, -0.25) is 0 Å². The van der Waals surface area contributed by atoms with E-state index in [1.165, 1.54) is 12.1 Å². The number of nitrogens with zero attached hydrogens (tertiary/aromatic N) is 7. The number of ether oxygens (including phenoxy) is 1. The number of anilines is 4. The number of alkyl halides is 3. The number of benzene rings is 1. The molecule has 2 aliphatic heterocycles. The summed E-state index contributed by atoms with van der Waals surface area (Å²) in [6.07, 6.45) is -1.65. The van der Waals surface area contributed by atoms with E-state index in [0.717, 1.165) is 44.6 Å². The molecule has 3 aliphatic rings. The maximum Gasteiger partial charge on any atom is 0.573 e. The number of piperidine rings is 1. The first-order chi connectivity index (χ1) is 16.8. The Morgan fingerprint density at radius 2 is 1.80 bits per heavy atom. The van der Waals surface area contributed by atoms with Crippen LogP contribution in [-0.2, 0) is 6.54 Å². The summed E-state index contributed by atoms with van der Waals surface area (Å²) in [6, 6.07) is 6.67. The van der Waals surface area contributed by atoms with Crippen LogP contribution in [0, 0.1) is 18.8 Å². The van der Waals surface area contributed by atoms with Gasteiger partial charge in [0.1, 0.15) is 5.75 Å². The lowest BCUT2D eigenvalue weighted by Gasteiger charge is -2.37. The SMILES string of the molecule is Cc1nnc(N2CC3CCC(C2)C3Nc2nc3n(n2)CCCN3c2ccc(OC(F)(F)F)cc2)o1. The van der Waals surface area contributed by atoms with Crippen LogP contribution in [0.4, 0.5) is 36.8 Å². The highest BCUT2D eigenvalue weighted by Gasteiger charge is 2.44. The Morgan fingerprint density at radius 1 is 1.06 bits per heavy atom. The number of hydrogen-bond donors (Lipinski definition) is 1. The molecule has 0 radical (unpaired) electrons. The molecule has 6 rings (SSSR count). The second-order valence-electron chi connectivity index (χ2n) is 9.28. The smallest absolute Gasteiger partial charge is 0.408 e. The molecule has 4 heterocycles. The molecule has 10 nitrogen and oxygen atoms in total. The molecule has 1 saturated heterocycles. The predicted molar refractivity (Wildman–Crippen MR) is 120 cm³/mol. The zero-order valence-electron chi connectivity index (χ0n) is 19.1. The maximum atomic E-state index is 12.5. The molecule has 2 bridgehead atoms. The minimum Gasteiger partial charge on any atom is -0.408 e. The van der Waals surface area contributed by atoms with Gasteiger partial charge in [-0.05, 0) is 55.4 Å². The third-order valence-corrected chi connectivity index (χ3v) is 6.94. The van der Waals surface area contributed by atoms with E-state index in [9.17, 15) is 13.2 Å². The van der Waals surface area contributed by atoms with E-state index >= 15 is 0 Å². The van der Waals surface area contributed by atoms with Gasteiger partial charge in [-0.2, -0.15) is 4.98 Å². The van der Waals surface area contributed by atoms with Crippen LogP contribution in [0.2, 0.25) is 0 Å². The number of fused-ring (bicyclic) bond motifs is 3. The average Bonchev–Trinajstić information content (AvgIpc) is 3.48. The number of aromatic nitrogens is 5. The molecule has 186 valence electrons. The summed E-state index contributed by atoms with van der Waals surface area (Å²) in [5.41, 5.74) is 0.739. The largest absolute Gasteiger partial charge is 0.573 e. The summed E-state index contributed by atoms with van der Waals surface area (Å²) in [4.78, 5) is 8.90. The molecule has 13 heteroatoms. The lowest BCUT2D eigenvalue weighted by molar-refractivity contribution is -0.274. The van der Waals surface area contributed by atoms with Crippen LogP contribution >= 0.6 is 0 Å². The molecular weight excluding hydrogens is 465 g/mol. The van der Waals surface area contributed by atoms with Crippen LogP contribution in [0.3, 0.4) is 0 Å². The van der Waals surface area contributed by atoms with E-state index in [0.29, 0.717) is 42.2 Å². The summed E-state index contributed by atoms with van der Waals surface area (Å²) < 4.78 is 48.9. The summed E-state index contributed by atoms with van der Waals surface area (Å²) in [5.74, 6) is 2.40. The van der Waals surface area contributed by atoms with Crippen LogP contribution in [0.5, 0.6) is 5.75 Å². The number of aryl methyl sites for hydroxylation is 2. The van der Waals surface area contributed by atoms with Crippen LogP contribution in [0.1, 0.15) is 25.2 Å². The van der Waals surface area contributed by atoms with Crippen molar-refractivity contribution in [2.24, 2.45) is 11.8 Å². The standard InChI is InChI=1S/C22H25F3N8O2/c1-13-28-29-21(34-13)31-11-14-3-4-15(12-31)18(14)26-19-27-20-32(9-2-10-33(20)30-19)16-5-7-17(8-6-16)35-22(23,24)25/h5-8,14-15,18H,2-4,9-12H2,1H3,(H,26,30). The average molecular weight is 490 g/mol. The van der Waals surface area contributed by atoms with Crippen molar-refractivity contribution in [1.82, 2.24) is 25.0 Å². The number of hydrogen-bond acceptors (Lipinski definition) is 9. The van der Waals surface area contributed by atoms with Gasteiger partial charge < -0.3 is 24.3 Å². The van der Waals surface area contributed by atoms with Crippen molar-refractivity contribution in [2.75, 3.05) is 34.8 Å². The van der Waals surface area contributed by atoms with Crippen molar-refractivity contribution < 1.29 is 22.3 Å². The topological polar surface area (TPSA) is 97.4 Å². The first kappa shape index (κ1) is 22.0. The minimum atomic E-state index is -4.72. The number of nitrogens with one attached hydrogen (secondary N) is 1. The van der Waals surface area contributed by atoms with E-state index in [2.05, 4.69) is 30.2 Å². The first-order valence-electron chi connectivity index (χ1n) is 11.7. The maximum absolute atomic E-state index is 12.5. The summed E-state index contributed by atoms with van der Waals surface area (Å²) in [5, 5.41) is 16.4. The van der Waals surface area contributed by atoms with E-state index in [1.54, 1.807) is 19.1 Å². The number of rotatable bonds is 5. The Hall–Kier alpha value is -3.51. The molecule has 2 atom stereocenters. The van der Waals surface area contributed by atoms with E-state index in [1.807, 2.05) is 9.58 Å². The molecule has 2 unspecified atom stereocenters. The third-order valence-electron chi connectivity index (χ3n) is 6.94. The van der Waals surface area contributed by atoms with E-state index < -0.39 is 6.36 Å². The summed E-state index contributed by atoms with van der Waals surface area (Å²) in [6.45, 7) is 4.89. The molecule has 3 aromatic rings. The monoisotopic (exact) mass is 490 g/mol. The van der Waals surface area contributed by atoms with Crippen molar-refractivity contribution in [3.8, 4) is 5.75 Å². The van der Waals surface area contributed by atoms with Gasteiger partial charge in [-0.15, -0.1) is 23.4 Å². The highest BCUT2D eigenvalue weighted by atomic mass is 19.4. The van der Waals surface area contributed by atoms with Gasteiger partial charge in [0.25, 0.3) is 0 Å². The lowest BCUT2D eigenvalue weighted by atomic mass is 9.92. The Balaban J connectivity index is 1.17. The Kier molecular flexibility index (Phi) is 5.22. The van der Waals surface area contributed by atoms with Crippen LogP contribution in [0.25, 0.3) is 0 Å². The van der Waals surface area contributed by atoms with Crippen LogP contribution in [0.15, 0.2) is 28.7 Å².